The maximum Gasteiger partial charge on any atom is 0.269 e. The van der Waals surface area contributed by atoms with E-state index < -0.39 is 0 Å². The van der Waals surface area contributed by atoms with Gasteiger partial charge >= 0.3 is 0 Å². The van der Waals surface area contributed by atoms with Crippen LogP contribution in [0.15, 0.2) is 47.9 Å². The molecule has 2 aliphatic rings. The summed E-state index contributed by atoms with van der Waals surface area (Å²) in [4.78, 5) is 17.5. The van der Waals surface area contributed by atoms with Gasteiger partial charge in [0.2, 0.25) is 0 Å². The smallest absolute Gasteiger partial charge is 0.269 e. The third kappa shape index (κ3) is 5.15. The molecule has 0 atom stereocenters. The molecule has 1 aliphatic carbocycles. The number of non-ortho nitro benzene ring substituents is 1. The molecule has 1 aromatic carbocycles. The normalized spacial score (nSPS) is 20.7. The van der Waals surface area contributed by atoms with Crippen molar-refractivity contribution < 1.29 is 4.92 Å². The predicted octanol–water partition coefficient (Wildman–Crippen LogP) is 4.74. The highest BCUT2D eigenvalue weighted by Gasteiger charge is 2.26. The quantitative estimate of drug-likeness (QED) is 0.275. The summed E-state index contributed by atoms with van der Waals surface area (Å²) in [5, 5.41) is 20.9. The van der Waals surface area contributed by atoms with Gasteiger partial charge < -0.3 is 4.57 Å². The van der Waals surface area contributed by atoms with Gasteiger partial charge in [-0.25, -0.2) is 0 Å². The van der Waals surface area contributed by atoms with Crippen molar-refractivity contribution in [2.45, 2.75) is 43.8 Å². The zero-order valence-corrected chi connectivity index (χ0v) is 20.3. The number of benzene rings is 1. The zero-order valence-electron chi connectivity index (χ0n) is 19.5. The Labute approximate surface area is 203 Å². The van der Waals surface area contributed by atoms with E-state index in [9.17, 15) is 10.1 Å². The third-order valence-corrected chi connectivity index (χ3v) is 8.43. The molecule has 1 fully saturated rings. The maximum absolute atomic E-state index is 11.1. The van der Waals surface area contributed by atoms with E-state index in [1.165, 1.54) is 31.2 Å². The van der Waals surface area contributed by atoms with Crippen molar-refractivity contribution in [3.8, 4) is 11.4 Å². The SMILES string of the molecule is Cn1c(SCC2CCC(CN3CCc4ccc([N+](=O)[O-])cc4C3)CC2)nnc1-c1cccnc1. The highest BCUT2D eigenvalue weighted by atomic mass is 32.2. The largest absolute Gasteiger partial charge is 0.305 e. The second kappa shape index (κ2) is 10.2. The lowest BCUT2D eigenvalue weighted by molar-refractivity contribution is -0.385. The van der Waals surface area contributed by atoms with Crippen molar-refractivity contribution in [3.05, 3.63) is 64.0 Å². The van der Waals surface area contributed by atoms with E-state index in [2.05, 4.69) is 24.6 Å². The molecule has 0 unspecified atom stereocenters. The van der Waals surface area contributed by atoms with Crippen LogP contribution in [0.5, 0.6) is 0 Å². The molecule has 8 nitrogen and oxygen atoms in total. The van der Waals surface area contributed by atoms with Crippen LogP contribution in [0.3, 0.4) is 0 Å². The third-order valence-electron chi connectivity index (χ3n) is 7.18. The molecule has 1 aliphatic heterocycles. The Balaban J connectivity index is 1.09. The van der Waals surface area contributed by atoms with Gasteiger partial charge in [0, 0.05) is 62.5 Å². The van der Waals surface area contributed by atoms with Crippen molar-refractivity contribution in [1.82, 2.24) is 24.6 Å². The van der Waals surface area contributed by atoms with Crippen molar-refractivity contribution in [1.29, 1.82) is 0 Å². The first kappa shape index (κ1) is 23.0. The van der Waals surface area contributed by atoms with Crippen LogP contribution in [0.25, 0.3) is 11.4 Å². The van der Waals surface area contributed by atoms with Crippen molar-refractivity contribution in [2.75, 3.05) is 18.8 Å². The lowest BCUT2D eigenvalue weighted by atomic mass is 9.82. The minimum absolute atomic E-state index is 0.203. The number of hydrogen-bond donors (Lipinski definition) is 0. The van der Waals surface area contributed by atoms with Crippen molar-refractivity contribution >= 4 is 17.4 Å². The Bertz CT molecular complexity index is 1140. The molecule has 0 N–H and O–H groups in total. The zero-order chi connectivity index (χ0) is 23.5. The first-order chi connectivity index (χ1) is 16.6. The highest BCUT2D eigenvalue weighted by molar-refractivity contribution is 7.99. The number of thioether (sulfide) groups is 1. The maximum atomic E-state index is 11.1. The fourth-order valence-electron chi connectivity index (χ4n) is 5.20. The molecular formula is C25H30N6O2S. The fraction of sp³-hybridized carbons (Fsp3) is 0.480. The monoisotopic (exact) mass is 478 g/mol. The van der Waals surface area contributed by atoms with Gasteiger partial charge in [0.05, 0.1) is 4.92 Å². The van der Waals surface area contributed by atoms with Crippen LogP contribution in [0.1, 0.15) is 36.8 Å². The molecule has 0 amide bonds. The average Bonchev–Trinajstić information content (AvgIpc) is 3.23. The van der Waals surface area contributed by atoms with Crippen LogP contribution in [-0.2, 0) is 20.0 Å². The van der Waals surface area contributed by atoms with Crippen LogP contribution < -0.4 is 0 Å². The van der Waals surface area contributed by atoms with Gasteiger partial charge in [-0.1, -0.05) is 17.8 Å². The van der Waals surface area contributed by atoms with E-state index in [0.717, 1.165) is 53.9 Å². The molecule has 5 rings (SSSR count). The van der Waals surface area contributed by atoms with E-state index in [-0.39, 0.29) is 10.6 Å². The molecule has 178 valence electrons. The summed E-state index contributed by atoms with van der Waals surface area (Å²) >= 11 is 1.81. The second-order valence-electron chi connectivity index (χ2n) is 9.50. The van der Waals surface area contributed by atoms with Gasteiger partial charge in [-0.3, -0.25) is 20.0 Å². The summed E-state index contributed by atoms with van der Waals surface area (Å²) in [6.07, 6.45) is 9.58. The summed E-state index contributed by atoms with van der Waals surface area (Å²) in [6.45, 7) is 2.98. The van der Waals surface area contributed by atoms with E-state index in [1.54, 1.807) is 30.1 Å². The summed E-state index contributed by atoms with van der Waals surface area (Å²) in [5.41, 5.74) is 3.58. The molecule has 0 bridgehead atoms. The Morgan fingerprint density at radius 1 is 1.12 bits per heavy atom. The molecule has 0 spiro atoms. The molecule has 2 aromatic heterocycles. The first-order valence-electron chi connectivity index (χ1n) is 12.0. The fourth-order valence-corrected chi connectivity index (χ4v) is 6.29. The number of hydrogen-bond acceptors (Lipinski definition) is 7. The molecule has 3 aromatic rings. The number of nitro benzene ring substituents is 1. The number of pyridine rings is 1. The average molecular weight is 479 g/mol. The Hall–Kier alpha value is -2.78. The topological polar surface area (TPSA) is 90.0 Å². The lowest BCUT2D eigenvalue weighted by Crippen LogP contribution is -2.36. The molecule has 3 heterocycles. The Morgan fingerprint density at radius 2 is 1.94 bits per heavy atom. The molecule has 0 radical (unpaired) electrons. The molecular weight excluding hydrogens is 448 g/mol. The number of fused-ring (bicyclic) bond motifs is 1. The molecule has 34 heavy (non-hydrogen) atoms. The second-order valence-corrected chi connectivity index (χ2v) is 10.5. The van der Waals surface area contributed by atoms with Gasteiger partial charge in [-0.05, 0) is 67.2 Å². The molecule has 9 heteroatoms. The van der Waals surface area contributed by atoms with Crippen LogP contribution >= 0.6 is 11.8 Å². The predicted molar refractivity (Wildman–Crippen MR) is 132 cm³/mol. The van der Waals surface area contributed by atoms with E-state index in [4.69, 9.17) is 0 Å². The highest BCUT2D eigenvalue weighted by Crippen LogP contribution is 2.34. The van der Waals surface area contributed by atoms with Crippen LogP contribution in [0.4, 0.5) is 5.69 Å². The van der Waals surface area contributed by atoms with Crippen LogP contribution in [0.2, 0.25) is 0 Å². The number of aromatic nitrogens is 4. The molecule has 1 saturated carbocycles. The summed E-state index contributed by atoms with van der Waals surface area (Å²) in [5.74, 6) is 3.36. The minimum atomic E-state index is -0.292. The van der Waals surface area contributed by atoms with Crippen molar-refractivity contribution in [2.24, 2.45) is 18.9 Å². The molecule has 0 saturated heterocycles. The summed E-state index contributed by atoms with van der Waals surface area (Å²) in [7, 11) is 2.02. The first-order valence-corrected chi connectivity index (χ1v) is 13.0. The van der Waals surface area contributed by atoms with Crippen molar-refractivity contribution in [3.63, 3.8) is 0 Å². The minimum Gasteiger partial charge on any atom is -0.305 e. The van der Waals surface area contributed by atoms with Gasteiger partial charge in [-0.2, -0.15) is 0 Å². The summed E-state index contributed by atoms with van der Waals surface area (Å²) in [6, 6.07) is 9.26. The van der Waals surface area contributed by atoms with Gasteiger partial charge in [0.1, 0.15) is 0 Å². The number of rotatable bonds is 7. The van der Waals surface area contributed by atoms with E-state index in [1.807, 2.05) is 31.4 Å². The van der Waals surface area contributed by atoms with Gasteiger partial charge in [0.25, 0.3) is 5.69 Å². The standard InChI is InChI=1S/C25H30N6O2S/c1-29-24(21-3-2-11-26-14-21)27-28-25(29)34-17-19-6-4-18(5-7-19)15-30-12-10-20-8-9-23(31(32)33)13-22(20)16-30/h2-3,8-9,11,13-14,18-19H,4-7,10,12,15-17H2,1H3. The Morgan fingerprint density at radius 3 is 2.71 bits per heavy atom. The number of nitro groups is 1. The van der Waals surface area contributed by atoms with E-state index >= 15 is 0 Å². The van der Waals surface area contributed by atoms with Gasteiger partial charge in [0.15, 0.2) is 11.0 Å². The number of nitrogens with zero attached hydrogens (tertiary/aromatic N) is 6. The van der Waals surface area contributed by atoms with Crippen LogP contribution in [-0.4, -0.2) is 48.4 Å². The summed E-state index contributed by atoms with van der Waals surface area (Å²) < 4.78 is 2.06. The van der Waals surface area contributed by atoms with E-state index in [0.29, 0.717) is 11.8 Å². The lowest BCUT2D eigenvalue weighted by Gasteiger charge is -2.35. The van der Waals surface area contributed by atoms with Gasteiger partial charge in [-0.15, -0.1) is 10.2 Å². The Kier molecular flexibility index (Phi) is 6.92. The van der Waals surface area contributed by atoms with Crippen LogP contribution in [0, 0.1) is 22.0 Å².